The summed E-state index contributed by atoms with van der Waals surface area (Å²) in [6.45, 7) is 10.5. The monoisotopic (exact) mass is 286 g/mol. The van der Waals surface area contributed by atoms with Crippen LogP contribution in [-0.2, 0) is 14.4 Å². The van der Waals surface area contributed by atoms with E-state index < -0.39 is 23.5 Å². The maximum absolute atomic E-state index is 12.0. The lowest BCUT2D eigenvalue weighted by Crippen LogP contribution is -2.51. The molecule has 0 aliphatic rings. The SMILES string of the molecule is CC(NC(=O)C(C)(C)C)C(=O)NC(CC(=O)O)C(C)C. The molecule has 0 heterocycles. The predicted molar refractivity (Wildman–Crippen MR) is 76.1 cm³/mol. The molecule has 2 amide bonds. The summed E-state index contributed by atoms with van der Waals surface area (Å²) in [6.07, 6.45) is -0.136. The largest absolute Gasteiger partial charge is 0.481 e. The van der Waals surface area contributed by atoms with Crippen LogP contribution < -0.4 is 10.6 Å². The second-order valence-electron chi connectivity index (χ2n) is 6.40. The standard InChI is InChI=1S/C14H26N2O4/c1-8(2)10(7-11(17)18)16-12(19)9(3)15-13(20)14(4,5)6/h8-10H,7H2,1-6H3,(H,15,20)(H,16,19)(H,17,18). The summed E-state index contributed by atoms with van der Waals surface area (Å²) in [7, 11) is 0. The summed E-state index contributed by atoms with van der Waals surface area (Å²) >= 11 is 0. The van der Waals surface area contributed by atoms with Crippen molar-refractivity contribution >= 4 is 17.8 Å². The molecule has 0 saturated heterocycles. The molecular weight excluding hydrogens is 260 g/mol. The third-order valence-electron chi connectivity index (χ3n) is 2.95. The zero-order valence-corrected chi connectivity index (χ0v) is 13.1. The average molecular weight is 286 g/mol. The molecule has 6 nitrogen and oxygen atoms in total. The van der Waals surface area contributed by atoms with Crippen molar-refractivity contribution in [3.05, 3.63) is 0 Å². The highest BCUT2D eigenvalue weighted by atomic mass is 16.4. The van der Waals surface area contributed by atoms with Crippen molar-refractivity contribution in [2.45, 2.75) is 60.0 Å². The molecule has 0 fully saturated rings. The minimum atomic E-state index is -0.963. The normalized spacial score (nSPS) is 14.6. The molecule has 0 aliphatic heterocycles. The first kappa shape index (κ1) is 18.4. The molecule has 0 aromatic rings. The van der Waals surface area contributed by atoms with E-state index in [4.69, 9.17) is 5.11 Å². The fourth-order valence-corrected chi connectivity index (χ4v) is 1.43. The van der Waals surface area contributed by atoms with Crippen molar-refractivity contribution < 1.29 is 19.5 Å². The lowest BCUT2D eigenvalue weighted by atomic mass is 9.95. The number of carbonyl (C=O) groups excluding carboxylic acids is 2. The van der Waals surface area contributed by atoms with Gasteiger partial charge in [0.05, 0.1) is 6.42 Å². The number of carboxylic acid groups (broad SMARTS) is 1. The summed E-state index contributed by atoms with van der Waals surface area (Å²) in [5.74, 6) is -1.56. The van der Waals surface area contributed by atoms with Gasteiger partial charge in [-0.2, -0.15) is 0 Å². The maximum atomic E-state index is 12.0. The highest BCUT2D eigenvalue weighted by molar-refractivity contribution is 5.89. The zero-order valence-electron chi connectivity index (χ0n) is 13.1. The van der Waals surface area contributed by atoms with Crippen LogP contribution in [0.1, 0.15) is 48.0 Å². The third kappa shape index (κ3) is 6.54. The van der Waals surface area contributed by atoms with Gasteiger partial charge >= 0.3 is 5.97 Å². The minimum absolute atomic E-state index is 0.000526. The molecule has 0 rings (SSSR count). The number of carboxylic acids is 1. The smallest absolute Gasteiger partial charge is 0.305 e. The van der Waals surface area contributed by atoms with Crippen LogP contribution in [0.15, 0.2) is 0 Å². The van der Waals surface area contributed by atoms with Crippen molar-refractivity contribution in [1.82, 2.24) is 10.6 Å². The molecular formula is C14H26N2O4. The second-order valence-corrected chi connectivity index (χ2v) is 6.40. The first-order valence-electron chi connectivity index (χ1n) is 6.78. The van der Waals surface area contributed by atoms with E-state index >= 15 is 0 Å². The van der Waals surface area contributed by atoms with E-state index in [1.165, 1.54) is 0 Å². The van der Waals surface area contributed by atoms with Crippen LogP contribution >= 0.6 is 0 Å². The van der Waals surface area contributed by atoms with E-state index in [9.17, 15) is 14.4 Å². The van der Waals surface area contributed by atoms with Crippen LogP contribution in [0.2, 0.25) is 0 Å². The van der Waals surface area contributed by atoms with Crippen LogP contribution in [-0.4, -0.2) is 35.0 Å². The van der Waals surface area contributed by atoms with Gasteiger partial charge in [-0.25, -0.2) is 0 Å². The molecule has 116 valence electrons. The van der Waals surface area contributed by atoms with Gasteiger partial charge in [0, 0.05) is 11.5 Å². The van der Waals surface area contributed by atoms with Gasteiger partial charge in [0.15, 0.2) is 0 Å². The van der Waals surface area contributed by atoms with Crippen molar-refractivity contribution in [2.75, 3.05) is 0 Å². The van der Waals surface area contributed by atoms with Crippen molar-refractivity contribution in [3.8, 4) is 0 Å². The number of hydrogen-bond donors (Lipinski definition) is 3. The van der Waals surface area contributed by atoms with Crippen LogP contribution in [0.25, 0.3) is 0 Å². The van der Waals surface area contributed by atoms with Crippen LogP contribution in [0, 0.1) is 11.3 Å². The topological polar surface area (TPSA) is 95.5 Å². The van der Waals surface area contributed by atoms with Crippen molar-refractivity contribution in [1.29, 1.82) is 0 Å². The molecule has 0 bridgehead atoms. The van der Waals surface area contributed by atoms with Gasteiger partial charge in [-0.1, -0.05) is 34.6 Å². The molecule has 2 atom stereocenters. The van der Waals surface area contributed by atoms with Gasteiger partial charge in [0.1, 0.15) is 6.04 Å². The lowest BCUT2D eigenvalue weighted by molar-refractivity contribution is -0.138. The Bertz CT molecular complexity index is 372. The van der Waals surface area contributed by atoms with E-state index in [0.29, 0.717) is 0 Å². The Morgan fingerprint density at radius 1 is 1.05 bits per heavy atom. The molecule has 0 saturated carbocycles. The number of rotatable bonds is 6. The quantitative estimate of drug-likeness (QED) is 0.682. The Hall–Kier alpha value is -1.59. The fourth-order valence-electron chi connectivity index (χ4n) is 1.43. The molecule has 0 aliphatic carbocycles. The summed E-state index contributed by atoms with van der Waals surface area (Å²) in [4.78, 5) is 34.5. The van der Waals surface area contributed by atoms with Crippen molar-refractivity contribution in [2.24, 2.45) is 11.3 Å². The number of aliphatic carboxylic acids is 1. The van der Waals surface area contributed by atoms with Crippen LogP contribution in [0.3, 0.4) is 0 Å². The Morgan fingerprint density at radius 2 is 1.55 bits per heavy atom. The van der Waals surface area contributed by atoms with Gasteiger partial charge in [-0.05, 0) is 12.8 Å². The van der Waals surface area contributed by atoms with E-state index in [2.05, 4.69) is 10.6 Å². The number of carbonyl (C=O) groups is 3. The molecule has 2 unspecified atom stereocenters. The highest BCUT2D eigenvalue weighted by Crippen LogP contribution is 2.13. The zero-order chi connectivity index (χ0) is 16.1. The van der Waals surface area contributed by atoms with Gasteiger partial charge in [0.25, 0.3) is 0 Å². The fraction of sp³-hybridized carbons (Fsp3) is 0.786. The lowest BCUT2D eigenvalue weighted by Gasteiger charge is -2.25. The number of amides is 2. The molecule has 3 N–H and O–H groups in total. The van der Waals surface area contributed by atoms with Gasteiger partial charge in [0.2, 0.25) is 11.8 Å². The predicted octanol–water partition coefficient (Wildman–Crippen LogP) is 1.15. The van der Waals surface area contributed by atoms with Crippen molar-refractivity contribution in [3.63, 3.8) is 0 Å². The van der Waals surface area contributed by atoms with Gasteiger partial charge in [-0.3, -0.25) is 14.4 Å². The summed E-state index contributed by atoms with van der Waals surface area (Å²) in [6, 6.07) is -1.15. The third-order valence-corrected chi connectivity index (χ3v) is 2.95. The van der Waals surface area contributed by atoms with E-state index in [1.54, 1.807) is 27.7 Å². The Morgan fingerprint density at radius 3 is 1.90 bits per heavy atom. The molecule has 0 aromatic heterocycles. The Labute approximate surface area is 120 Å². The van der Waals surface area contributed by atoms with Gasteiger partial charge < -0.3 is 15.7 Å². The first-order valence-corrected chi connectivity index (χ1v) is 6.78. The Kier molecular flexibility index (Phi) is 6.68. The highest BCUT2D eigenvalue weighted by Gasteiger charge is 2.27. The second kappa shape index (κ2) is 7.26. The van der Waals surface area contributed by atoms with Crippen LogP contribution in [0.4, 0.5) is 0 Å². The van der Waals surface area contributed by atoms with E-state index in [-0.39, 0.29) is 24.2 Å². The summed E-state index contributed by atoms with van der Waals surface area (Å²) in [5.41, 5.74) is -0.576. The van der Waals surface area contributed by atoms with E-state index in [0.717, 1.165) is 0 Å². The molecule has 6 heteroatoms. The minimum Gasteiger partial charge on any atom is -0.481 e. The molecule has 20 heavy (non-hydrogen) atoms. The molecule has 0 spiro atoms. The number of hydrogen-bond acceptors (Lipinski definition) is 3. The van der Waals surface area contributed by atoms with Gasteiger partial charge in [-0.15, -0.1) is 0 Å². The van der Waals surface area contributed by atoms with E-state index in [1.807, 2.05) is 13.8 Å². The van der Waals surface area contributed by atoms with Crippen LogP contribution in [0.5, 0.6) is 0 Å². The maximum Gasteiger partial charge on any atom is 0.305 e. The molecule has 0 radical (unpaired) electrons. The first-order chi connectivity index (χ1) is 8.95. The summed E-state index contributed by atoms with van der Waals surface area (Å²) < 4.78 is 0. The average Bonchev–Trinajstić information content (AvgIpc) is 2.25. The summed E-state index contributed by atoms with van der Waals surface area (Å²) in [5, 5.41) is 14.1. The Balaban J connectivity index is 4.58. The molecule has 0 aromatic carbocycles. The number of nitrogens with one attached hydrogen (secondary N) is 2.